The number of aliphatic hydroxyl groups excluding tert-OH is 3. The molecular weight excluding hydrogens is 1440 g/mol. The van der Waals surface area contributed by atoms with Gasteiger partial charge >= 0.3 is 25.6 Å². The number of carbonyl (C=O) groups is 8. The van der Waals surface area contributed by atoms with Crippen LogP contribution in [0.15, 0.2) is 91.2 Å². The maximum absolute atomic E-state index is 14.2. The van der Waals surface area contributed by atoms with Crippen LogP contribution in [0.25, 0.3) is 27.4 Å². The van der Waals surface area contributed by atoms with Crippen molar-refractivity contribution in [1.29, 1.82) is 0 Å². The molecule has 2 unspecified atom stereocenters. The standard InChI is InChI=1S/C76H91N10O20PS/c1-45-51(49-19-21-58(81-63(49)69(95)96)84-28-25-48-52(37-84)50(18-20-55(48)103-31-11-33-107(100,101)102)68(94)82-71-80-53-13-7-8-14-57(53)108-71)36-78-86(45)44-75-39-73(2)38-74(3,40-75)42-76(41-73,43-75)105-32-29-83(4)72(99)104-30-10-12-46-16-17-47(35-56-64(91)65(92)66(93)67(106-56)70(97)98)54(34-46)79-60(88)24-26-77-59(87)15-6-5-9-27-85-61(89)22-23-62(85)90/h7-8,10,12-14,16-23,34,36,56,64-67,91-93H,5-6,9,11,15,24-33,35,37-44H2,1-4H3,(H,77,87)(H,79,88)(H,95,96)(H,97,98)(H,80,82,94)(H2,100,101,102)/b12-10+/t56-,64+,65+,66-,67-,73?,74?,75?,76?/m0/s1. The lowest BCUT2D eigenvalue weighted by molar-refractivity contribution is -0.248. The number of imide groups is 1. The Labute approximate surface area is 626 Å². The fourth-order valence-electron chi connectivity index (χ4n) is 17.5. The number of ether oxygens (including phenoxy) is 4. The van der Waals surface area contributed by atoms with Crippen LogP contribution in [0.4, 0.5) is 21.4 Å². The number of anilines is 3. The second-order valence-electron chi connectivity index (χ2n) is 30.2. The third-order valence-electron chi connectivity index (χ3n) is 21.3. The van der Waals surface area contributed by atoms with E-state index in [1.807, 2.05) is 40.8 Å². The molecule has 4 saturated carbocycles. The van der Waals surface area contributed by atoms with Gasteiger partial charge in [0.1, 0.15) is 36.5 Å². The minimum Gasteiger partial charge on any atom is -0.493 e. The predicted octanol–water partition coefficient (Wildman–Crippen LogP) is 7.65. The van der Waals surface area contributed by atoms with Crippen molar-refractivity contribution in [3.63, 3.8) is 0 Å². The zero-order valence-corrected chi connectivity index (χ0v) is 62.2. The second-order valence-corrected chi connectivity index (χ2v) is 33.0. The fraction of sp³-hybridized carbons (Fsp3) is 0.487. The van der Waals surface area contributed by atoms with Crippen LogP contribution < -0.4 is 25.6 Å². The first-order valence-electron chi connectivity index (χ1n) is 36.2. The minimum absolute atomic E-state index is 0.0174. The Balaban J connectivity index is 0.661. The fourth-order valence-corrected chi connectivity index (χ4v) is 18.9. The second kappa shape index (κ2) is 32.5. The predicted molar refractivity (Wildman–Crippen MR) is 396 cm³/mol. The van der Waals surface area contributed by atoms with Gasteiger partial charge in [-0.05, 0) is 153 Å². The highest BCUT2D eigenvalue weighted by atomic mass is 32.1. The first-order chi connectivity index (χ1) is 51.4. The number of nitrogens with zero attached hydrogens (tertiary/aromatic N) is 7. The Kier molecular flexibility index (Phi) is 23.5. The molecule has 4 aliphatic carbocycles. The Hall–Kier alpha value is -9.30. The van der Waals surface area contributed by atoms with Crippen LogP contribution in [0.1, 0.15) is 140 Å². The Morgan fingerprint density at radius 3 is 2.31 bits per heavy atom. The van der Waals surface area contributed by atoms with Gasteiger partial charge in [-0.1, -0.05) is 61.9 Å². The van der Waals surface area contributed by atoms with Crippen molar-refractivity contribution < 1.29 is 97.2 Å². The van der Waals surface area contributed by atoms with Gasteiger partial charge in [0.2, 0.25) is 11.8 Å². The number of pyridine rings is 1. The summed E-state index contributed by atoms with van der Waals surface area (Å²) in [4.78, 5) is 135. The molecule has 6 heterocycles. The van der Waals surface area contributed by atoms with E-state index in [0.717, 1.165) is 64.9 Å². The monoisotopic (exact) mass is 1530 g/mol. The normalized spacial score (nSPS) is 24.3. The number of para-hydroxylation sites is 1. The number of likely N-dealkylation sites (N-methyl/N-ethyl adjacent to an activating group) is 1. The number of aliphatic hydroxyl groups is 3. The quantitative estimate of drug-likeness (QED) is 0.0110. The van der Waals surface area contributed by atoms with Crippen LogP contribution in [-0.4, -0.2) is 208 Å². The summed E-state index contributed by atoms with van der Waals surface area (Å²) in [7, 11) is -2.62. The summed E-state index contributed by atoms with van der Waals surface area (Å²) in [6.07, 6.45) is 5.07. The summed E-state index contributed by atoms with van der Waals surface area (Å²) in [5.41, 5.74) is 4.40. The molecule has 4 bridgehead atoms. The largest absolute Gasteiger partial charge is 0.493 e. The Bertz CT molecular complexity index is 4500. The number of amides is 6. The topological polar surface area (TPSA) is 422 Å². The van der Waals surface area contributed by atoms with Crippen LogP contribution in [0.3, 0.4) is 0 Å². The number of aromatic nitrogens is 4. The number of aromatic carboxylic acids is 1. The molecule has 30 nitrogen and oxygen atoms in total. The lowest BCUT2D eigenvalue weighted by Gasteiger charge is -2.69. The van der Waals surface area contributed by atoms with Crippen molar-refractivity contribution >= 4 is 99.4 Å². The van der Waals surface area contributed by atoms with E-state index in [1.54, 1.807) is 67.9 Å². The SMILES string of the molecule is Cc1c(-c2ccc(N3CCc4c(OCCCP(=O)(O)O)ccc(C(=O)Nc5nc6ccccc6s5)c4C3)nc2C(=O)O)cnn1CC12CC3(C)CC(C)(C1)CC(OCCN(C)C(=O)OC/C=C/c1ccc(C[C@@H]4O[C@H](C(=O)O)[C@@H](O)[C@H](O)[C@@H]4O)c(NC(=O)CCNC(=O)CCCCCN4C(=O)C=CC4=O)c1)(C3)C2. The van der Waals surface area contributed by atoms with E-state index in [1.165, 1.54) is 28.4 Å². The van der Waals surface area contributed by atoms with E-state index in [-0.39, 0.29) is 123 Å². The molecule has 6 amide bonds. The number of fused-ring (bicyclic) bond motifs is 2. The van der Waals surface area contributed by atoms with Gasteiger partial charge in [-0.2, -0.15) is 5.10 Å². The highest BCUT2D eigenvalue weighted by Crippen LogP contribution is 2.72. The van der Waals surface area contributed by atoms with Gasteiger partial charge in [0, 0.05) is 111 Å². The molecule has 10 N–H and O–H groups in total. The summed E-state index contributed by atoms with van der Waals surface area (Å²) in [5.74, 6) is -3.87. The van der Waals surface area contributed by atoms with Gasteiger partial charge in [-0.3, -0.25) is 43.4 Å². The third kappa shape index (κ3) is 18.2. The minimum atomic E-state index is -4.25. The summed E-state index contributed by atoms with van der Waals surface area (Å²) < 4.78 is 38.8. The summed E-state index contributed by atoms with van der Waals surface area (Å²) in [6, 6.07) is 19.3. The molecule has 3 aliphatic heterocycles. The molecule has 1 saturated heterocycles. The van der Waals surface area contributed by atoms with E-state index < -0.39 is 73.6 Å². The number of hydrogen-bond acceptors (Lipinski definition) is 21. The van der Waals surface area contributed by atoms with E-state index in [0.29, 0.717) is 88.9 Å². The highest BCUT2D eigenvalue weighted by Gasteiger charge is 2.66. The molecule has 5 fully saturated rings. The molecule has 108 heavy (non-hydrogen) atoms. The maximum Gasteiger partial charge on any atom is 0.409 e. The van der Waals surface area contributed by atoms with Crippen LogP contribution >= 0.6 is 18.9 Å². The molecular formula is C76H91N10O20PS. The molecule has 7 atom stereocenters. The van der Waals surface area contributed by atoms with Gasteiger partial charge < -0.3 is 74.7 Å². The van der Waals surface area contributed by atoms with E-state index >= 15 is 0 Å². The smallest absolute Gasteiger partial charge is 0.409 e. The van der Waals surface area contributed by atoms with E-state index in [9.17, 15) is 78.2 Å². The zero-order chi connectivity index (χ0) is 77.0. The summed E-state index contributed by atoms with van der Waals surface area (Å²) in [6.45, 7) is 8.29. The van der Waals surface area contributed by atoms with Gasteiger partial charge in [-0.15, -0.1) is 0 Å². The van der Waals surface area contributed by atoms with Crippen molar-refractivity contribution in [2.45, 2.75) is 160 Å². The van der Waals surface area contributed by atoms with Crippen LogP contribution in [0.5, 0.6) is 5.75 Å². The number of unbranched alkanes of at least 4 members (excludes halogenated alkanes) is 2. The highest BCUT2D eigenvalue weighted by molar-refractivity contribution is 7.51. The number of carboxylic acids is 2. The van der Waals surface area contributed by atoms with Crippen molar-refractivity contribution in [3.05, 3.63) is 130 Å². The molecule has 32 heteroatoms. The van der Waals surface area contributed by atoms with Crippen LogP contribution in [-0.2, 0) is 68.7 Å². The number of hydrogen-bond donors (Lipinski definition) is 10. The average molecular weight is 1530 g/mol. The Morgan fingerprint density at radius 2 is 1.57 bits per heavy atom. The van der Waals surface area contributed by atoms with Crippen molar-refractivity contribution in [1.82, 2.24) is 34.9 Å². The van der Waals surface area contributed by atoms with Gasteiger partial charge in [-0.25, -0.2) is 24.4 Å². The maximum atomic E-state index is 14.2. The summed E-state index contributed by atoms with van der Waals surface area (Å²) >= 11 is 1.34. The lowest BCUT2D eigenvalue weighted by atomic mass is 9.39. The molecule has 3 aromatic carbocycles. The van der Waals surface area contributed by atoms with Crippen LogP contribution in [0.2, 0.25) is 0 Å². The van der Waals surface area contributed by atoms with Crippen molar-refractivity contribution in [2.75, 3.05) is 74.7 Å². The number of aliphatic carboxylic acids is 1. The molecule has 13 rings (SSSR count). The van der Waals surface area contributed by atoms with Crippen molar-refractivity contribution in [3.8, 4) is 16.9 Å². The first kappa shape index (κ1) is 78.3. The molecule has 3 aromatic heterocycles. The number of nitrogens with one attached hydrogen (secondary N) is 3. The molecule has 7 aliphatic rings. The zero-order valence-electron chi connectivity index (χ0n) is 60.5. The lowest BCUT2D eigenvalue weighted by Crippen LogP contribution is -2.64. The molecule has 6 aromatic rings. The number of benzene rings is 3. The molecule has 576 valence electrons. The number of carbonyl (C=O) groups excluding carboxylic acids is 6. The first-order valence-corrected chi connectivity index (χ1v) is 38.8. The number of rotatable bonds is 32. The Morgan fingerprint density at radius 1 is 0.815 bits per heavy atom. The van der Waals surface area contributed by atoms with Gasteiger partial charge in [0.15, 0.2) is 16.9 Å². The third-order valence-corrected chi connectivity index (χ3v) is 23.2. The molecule has 0 radical (unpaired) electrons. The van der Waals surface area contributed by atoms with Gasteiger partial charge in [0.05, 0.1) is 47.5 Å². The summed E-state index contributed by atoms with van der Waals surface area (Å²) in [5, 5.41) is 66.1. The number of carboxylic acid groups (broad SMARTS) is 2. The number of thiazole rings is 1. The van der Waals surface area contributed by atoms with Crippen LogP contribution in [0, 0.1) is 23.2 Å². The van der Waals surface area contributed by atoms with Gasteiger partial charge in [0.25, 0.3) is 17.7 Å². The van der Waals surface area contributed by atoms with E-state index in [4.69, 9.17) is 29.0 Å². The average Bonchev–Trinajstić information content (AvgIpc) is 0.830. The van der Waals surface area contributed by atoms with E-state index in [2.05, 4.69) is 34.8 Å². The molecule has 0 spiro atoms. The van der Waals surface area contributed by atoms with Crippen molar-refractivity contribution in [2.24, 2.45) is 16.2 Å².